The zero-order valence-electron chi connectivity index (χ0n) is 7.43. The molecule has 0 saturated carbocycles. The van der Waals surface area contributed by atoms with Crippen molar-refractivity contribution in [3.8, 4) is 5.88 Å². The fourth-order valence-corrected chi connectivity index (χ4v) is 1.42. The summed E-state index contributed by atoms with van der Waals surface area (Å²) in [6.07, 6.45) is -2.69. The summed E-state index contributed by atoms with van der Waals surface area (Å²) in [5.41, 5.74) is 5.59. The molecule has 1 aromatic heterocycles. The van der Waals surface area contributed by atoms with Gasteiger partial charge in [-0.2, -0.15) is 0 Å². The normalized spacial score (nSPS) is 10.6. The number of halogens is 3. The van der Waals surface area contributed by atoms with E-state index in [0.29, 0.717) is 10.9 Å². The first-order chi connectivity index (χ1) is 6.60. The van der Waals surface area contributed by atoms with Crippen LogP contribution in [0.1, 0.15) is 17.7 Å². The number of nitrogens with two attached hydrogens (primary N) is 1. The van der Waals surface area contributed by atoms with Gasteiger partial charge in [0.1, 0.15) is 5.69 Å². The Labute approximate surface area is 88.4 Å². The molecule has 0 amide bonds. The molecule has 0 bridgehead atoms. The third kappa shape index (κ3) is 2.12. The lowest BCUT2D eigenvalue weighted by Crippen LogP contribution is -2.03. The van der Waals surface area contributed by atoms with Crippen LogP contribution in [0.25, 0.3) is 0 Å². The second-order valence-electron chi connectivity index (χ2n) is 2.57. The summed E-state index contributed by atoms with van der Waals surface area (Å²) in [4.78, 5) is 3.63. The van der Waals surface area contributed by atoms with Gasteiger partial charge < -0.3 is 10.5 Å². The summed E-state index contributed by atoms with van der Waals surface area (Å²) in [5, 5.41) is 0.455. The first kappa shape index (κ1) is 11.2. The van der Waals surface area contributed by atoms with Gasteiger partial charge in [0.05, 0.1) is 12.8 Å². The minimum absolute atomic E-state index is 0.0183. The van der Waals surface area contributed by atoms with E-state index in [-0.39, 0.29) is 11.6 Å². The fraction of sp³-hybridized carbons (Fsp3) is 0.375. The van der Waals surface area contributed by atoms with Crippen LogP contribution in [0.3, 0.4) is 0 Å². The van der Waals surface area contributed by atoms with Gasteiger partial charge in [-0.3, -0.25) is 0 Å². The van der Waals surface area contributed by atoms with E-state index in [1.54, 1.807) is 0 Å². The fourth-order valence-electron chi connectivity index (χ4n) is 1.02. The van der Waals surface area contributed by atoms with Gasteiger partial charge >= 0.3 is 0 Å². The molecule has 0 radical (unpaired) electrons. The maximum Gasteiger partial charge on any atom is 0.282 e. The van der Waals surface area contributed by atoms with Gasteiger partial charge in [-0.05, 0) is 6.07 Å². The summed E-state index contributed by atoms with van der Waals surface area (Å²) in [7, 11) is 1.37. The highest BCUT2D eigenvalue weighted by Crippen LogP contribution is 2.29. The van der Waals surface area contributed by atoms with Crippen LogP contribution in [0.2, 0.25) is 0 Å². The Bertz CT molecular complexity index is 333. The van der Waals surface area contributed by atoms with E-state index >= 15 is 0 Å². The Balaban J connectivity index is 3.23. The van der Waals surface area contributed by atoms with E-state index in [4.69, 9.17) is 10.5 Å². The zero-order chi connectivity index (χ0) is 10.7. The molecule has 0 aromatic carbocycles. The first-order valence-corrected chi connectivity index (χ1v) is 4.89. The van der Waals surface area contributed by atoms with Crippen molar-refractivity contribution in [2.45, 2.75) is 11.8 Å². The molecule has 1 aromatic rings. The van der Waals surface area contributed by atoms with Gasteiger partial charge in [0.2, 0.25) is 5.88 Å². The molecule has 14 heavy (non-hydrogen) atoms. The molecular formula is C8H9BrF2N2O. The Morgan fingerprint density at radius 3 is 2.71 bits per heavy atom. The van der Waals surface area contributed by atoms with Crippen LogP contribution in [0.15, 0.2) is 6.07 Å². The van der Waals surface area contributed by atoms with Crippen LogP contribution in [-0.4, -0.2) is 12.1 Å². The SMILES string of the molecule is COc1nc(C(F)F)c(N)cc1CBr. The highest BCUT2D eigenvalue weighted by molar-refractivity contribution is 9.08. The molecular weight excluding hydrogens is 258 g/mol. The van der Waals surface area contributed by atoms with Crippen LogP contribution in [0.4, 0.5) is 14.5 Å². The number of hydrogen-bond donors (Lipinski definition) is 1. The van der Waals surface area contributed by atoms with E-state index in [1.807, 2.05) is 0 Å². The largest absolute Gasteiger partial charge is 0.481 e. The molecule has 1 rings (SSSR count). The number of hydrogen-bond acceptors (Lipinski definition) is 3. The quantitative estimate of drug-likeness (QED) is 0.856. The average Bonchev–Trinajstić information content (AvgIpc) is 2.16. The molecule has 0 aliphatic carbocycles. The van der Waals surface area contributed by atoms with Crippen LogP contribution in [0.5, 0.6) is 5.88 Å². The highest BCUT2D eigenvalue weighted by Gasteiger charge is 2.16. The average molecular weight is 267 g/mol. The lowest BCUT2D eigenvalue weighted by Gasteiger charge is -2.09. The molecule has 3 nitrogen and oxygen atoms in total. The van der Waals surface area contributed by atoms with Gasteiger partial charge in [0.25, 0.3) is 6.43 Å². The summed E-state index contributed by atoms with van der Waals surface area (Å²) in [6, 6.07) is 1.43. The summed E-state index contributed by atoms with van der Waals surface area (Å²) < 4.78 is 29.6. The minimum atomic E-state index is -2.69. The van der Waals surface area contributed by atoms with Crippen molar-refractivity contribution in [3.63, 3.8) is 0 Å². The van der Waals surface area contributed by atoms with Crippen molar-refractivity contribution in [1.82, 2.24) is 4.98 Å². The summed E-state index contributed by atoms with van der Waals surface area (Å²) >= 11 is 3.18. The smallest absolute Gasteiger partial charge is 0.282 e. The van der Waals surface area contributed by atoms with Gasteiger partial charge in [-0.1, -0.05) is 15.9 Å². The number of ether oxygens (including phenoxy) is 1. The molecule has 0 atom stereocenters. The topological polar surface area (TPSA) is 48.1 Å². The van der Waals surface area contributed by atoms with Gasteiger partial charge in [-0.25, -0.2) is 13.8 Å². The highest BCUT2D eigenvalue weighted by atomic mass is 79.9. The monoisotopic (exact) mass is 266 g/mol. The zero-order valence-corrected chi connectivity index (χ0v) is 9.01. The summed E-state index contributed by atoms with van der Waals surface area (Å²) in [5.74, 6) is 0.173. The first-order valence-electron chi connectivity index (χ1n) is 3.77. The molecule has 78 valence electrons. The predicted octanol–water partition coefficient (Wildman–Crippen LogP) is 2.50. The van der Waals surface area contributed by atoms with Crippen molar-refractivity contribution in [3.05, 3.63) is 17.3 Å². The van der Waals surface area contributed by atoms with Crippen molar-refractivity contribution in [1.29, 1.82) is 0 Å². The molecule has 0 saturated heterocycles. The van der Waals surface area contributed by atoms with Gasteiger partial charge in [-0.15, -0.1) is 0 Å². The van der Waals surface area contributed by atoms with Crippen LogP contribution >= 0.6 is 15.9 Å². The van der Waals surface area contributed by atoms with E-state index in [2.05, 4.69) is 20.9 Å². The summed E-state index contributed by atoms with van der Waals surface area (Å²) in [6.45, 7) is 0. The second-order valence-corrected chi connectivity index (χ2v) is 3.13. The second kappa shape index (κ2) is 4.54. The van der Waals surface area contributed by atoms with Gasteiger partial charge in [0.15, 0.2) is 0 Å². The number of nitrogen functional groups attached to an aromatic ring is 1. The molecule has 0 fully saturated rings. The van der Waals surface area contributed by atoms with Crippen molar-refractivity contribution >= 4 is 21.6 Å². The Hall–Kier alpha value is -0.910. The van der Waals surface area contributed by atoms with Crippen molar-refractivity contribution in [2.24, 2.45) is 0 Å². The number of rotatable bonds is 3. The predicted molar refractivity (Wildman–Crippen MR) is 52.8 cm³/mol. The number of methoxy groups -OCH3 is 1. The van der Waals surface area contributed by atoms with Crippen molar-refractivity contribution < 1.29 is 13.5 Å². The van der Waals surface area contributed by atoms with Crippen LogP contribution < -0.4 is 10.5 Å². The lowest BCUT2D eigenvalue weighted by atomic mass is 10.2. The number of alkyl halides is 3. The number of anilines is 1. The number of pyridine rings is 1. The third-order valence-corrected chi connectivity index (χ3v) is 2.27. The Morgan fingerprint density at radius 1 is 1.64 bits per heavy atom. The number of nitrogens with zero attached hydrogens (tertiary/aromatic N) is 1. The molecule has 0 aliphatic rings. The van der Waals surface area contributed by atoms with E-state index in [1.165, 1.54) is 13.2 Å². The van der Waals surface area contributed by atoms with Gasteiger partial charge in [0, 0.05) is 10.9 Å². The third-order valence-electron chi connectivity index (χ3n) is 1.67. The standard InChI is InChI=1S/C8H9BrF2N2O/c1-14-8-4(3-9)2-5(12)6(13-8)7(10)11/h2,7H,3,12H2,1H3. The molecule has 1 heterocycles. The van der Waals surface area contributed by atoms with Crippen LogP contribution in [-0.2, 0) is 5.33 Å². The molecule has 6 heteroatoms. The van der Waals surface area contributed by atoms with Crippen LogP contribution in [0, 0.1) is 0 Å². The van der Waals surface area contributed by atoms with Crippen molar-refractivity contribution in [2.75, 3.05) is 12.8 Å². The molecule has 2 N–H and O–H groups in total. The molecule has 0 unspecified atom stereocenters. The minimum Gasteiger partial charge on any atom is -0.481 e. The van der Waals surface area contributed by atoms with E-state index < -0.39 is 12.1 Å². The maximum atomic E-state index is 12.4. The number of aromatic nitrogens is 1. The molecule has 0 aliphatic heterocycles. The lowest BCUT2D eigenvalue weighted by molar-refractivity contribution is 0.146. The Morgan fingerprint density at radius 2 is 2.29 bits per heavy atom. The van der Waals surface area contributed by atoms with E-state index in [9.17, 15) is 8.78 Å². The molecule has 0 spiro atoms. The Kier molecular flexibility index (Phi) is 3.62. The van der Waals surface area contributed by atoms with E-state index in [0.717, 1.165) is 0 Å². The maximum absolute atomic E-state index is 12.4.